The number of benzene rings is 1. The monoisotopic (exact) mass is 383 g/mol. The summed E-state index contributed by atoms with van der Waals surface area (Å²) >= 11 is 0. The van der Waals surface area contributed by atoms with E-state index in [4.69, 9.17) is 10.5 Å². The van der Waals surface area contributed by atoms with Crippen LogP contribution in [-0.2, 0) is 10.0 Å². The van der Waals surface area contributed by atoms with Crippen molar-refractivity contribution in [2.75, 3.05) is 26.7 Å². The van der Waals surface area contributed by atoms with Crippen LogP contribution in [0.4, 0.5) is 0 Å². The van der Waals surface area contributed by atoms with E-state index in [9.17, 15) is 13.2 Å². The number of nitrogens with one attached hydrogen (secondary N) is 1. The molecule has 7 nitrogen and oxygen atoms in total. The fourth-order valence-corrected chi connectivity index (χ4v) is 5.19. The van der Waals surface area contributed by atoms with Gasteiger partial charge in [-0.2, -0.15) is 4.31 Å². The van der Waals surface area contributed by atoms with Crippen molar-refractivity contribution in [3.05, 3.63) is 23.8 Å². The molecule has 1 saturated heterocycles. The lowest BCUT2D eigenvalue weighted by Gasteiger charge is -2.34. The molecule has 0 aliphatic carbocycles. The summed E-state index contributed by atoms with van der Waals surface area (Å²) in [5, 5.41) is 2.74. The lowest BCUT2D eigenvalue weighted by Crippen LogP contribution is -2.42. The van der Waals surface area contributed by atoms with Gasteiger partial charge in [-0.25, -0.2) is 8.42 Å². The van der Waals surface area contributed by atoms with Gasteiger partial charge in [0.25, 0.3) is 5.91 Å². The highest BCUT2D eigenvalue weighted by Crippen LogP contribution is 2.32. The van der Waals surface area contributed by atoms with Crippen LogP contribution in [0.3, 0.4) is 0 Å². The molecule has 0 spiro atoms. The fraction of sp³-hybridized carbons (Fsp3) is 0.611. The highest BCUT2D eigenvalue weighted by Gasteiger charge is 2.34. The van der Waals surface area contributed by atoms with Gasteiger partial charge in [0.15, 0.2) is 0 Å². The molecule has 2 rings (SSSR count). The standard InChI is InChI=1S/C18H29N3O4S/c1-12-7-13(2)11-21(10-12)26(23,24)17-8-15(5-6-16(17)25-4)18(22)20-14(3)9-19/h5-6,8,12-14H,7,9-11,19H2,1-4H3,(H,20,22)/t12?,13?,14-/m0/s1. The molecule has 1 aliphatic heterocycles. The van der Waals surface area contributed by atoms with Crippen molar-refractivity contribution in [2.24, 2.45) is 17.6 Å². The molecule has 1 aliphatic rings. The molecule has 8 heteroatoms. The highest BCUT2D eigenvalue weighted by atomic mass is 32.2. The summed E-state index contributed by atoms with van der Waals surface area (Å²) in [6.45, 7) is 7.13. The number of sulfonamides is 1. The minimum Gasteiger partial charge on any atom is -0.495 e. The number of rotatable bonds is 6. The van der Waals surface area contributed by atoms with Crippen molar-refractivity contribution in [1.82, 2.24) is 9.62 Å². The van der Waals surface area contributed by atoms with E-state index in [1.54, 1.807) is 13.0 Å². The topological polar surface area (TPSA) is 102 Å². The summed E-state index contributed by atoms with van der Waals surface area (Å²) in [5.74, 6) is 0.453. The number of nitrogens with zero attached hydrogens (tertiary/aromatic N) is 1. The quantitative estimate of drug-likeness (QED) is 0.774. The van der Waals surface area contributed by atoms with Crippen LogP contribution >= 0.6 is 0 Å². The van der Waals surface area contributed by atoms with Crippen LogP contribution in [0, 0.1) is 11.8 Å². The zero-order chi connectivity index (χ0) is 19.5. The molecule has 0 aromatic heterocycles. The largest absolute Gasteiger partial charge is 0.495 e. The Morgan fingerprint density at radius 1 is 1.35 bits per heavy atom. The van der Waals surface area contributed by atoms with Crippen LogP contribution in [0.15, 0.2) is 23.1 Å². The maximum Gasteiger partial charge on any atom is 0.251 e. The summed E-state index contributed by atoms with van der Waals surface area (Å²) in [6.07, 6.45) is 1.00. The predicted molar refractivity (Wildman–Crippen MR) is 101 cm³/mol. The molecule has 146 valence electrons. The number of ether oxygens (including phenoxy) is 1. The van der Waals surface area contributed by atoms with Crippen molar-refractivity contribution in [3.63, 3.8) is 0 Å². The normalized spacial score (nSPS) is 22.7. The highest BCUT2D eigenvalue weighted by molar-refractivity contribution is 7.89. The minimum atomic E-state index is -3.76. The third-order valence-corrected chi connectivity index (χ3v) is 6.46. The number of hydrogen-bond donors (Lipinski definition) is 2. The number of carbonyl (C=O) groups excluding carboxylic acids is 1. The number of piperidine rings is 1. The Hall–Kier alpha value is -1.64. The summed E-state index contributed by atoms with van der Waals surface area (Å²) in [5.41, 5.74) is 5.80. The Bertz CT molecular complexity index is 741. The summed E-state index contributed by atoms with van der Waals surface area (Å²) in [4.78, 5) is 12.4. The summed E-state index contributed by atoms with van der Waals surface area (Å²) in [6, 6.07) is 4.26. The van der Waals surface area contributed by atoms with Gasteiger partial charge in [-0.05, 0) is 43.4 Å². The van der Waals surface area contributed by atoms with Crippen LogP contribution in [0.1, 0.15) is 37.6 Å². The molecule has 0 saturated carbocycles. The molecule has 1 aromatic carbocycles. The van der Waals surface area contributed by atoms with E-state index in [0.717, 1.165) is 6.42 Å². The first-order valence-electron chi connectivity index (χ1n) is 8.88. The third-order valence-electron chi connectivity index (χ3n) is 4.61. The smallest absolute Gasteiger partial charge is 0.251 e. The fourth-order valence-electron chi connectivity index (χ4n) is 3.33. The maximum absolute atomic E-state index is 13.2. The van der Waals surface area contributed by atoms with Gasteiger partial charge in [0.05, 0.1) is 7.11 Å². The Kier molecular flexibility index (Phi) is 6.65. The van der Waals surface area contributed by atoms with E-state index in [0.29, 0.717) is 19.6 Å². The first kappa shape index (κ1) is 20.7. The van der Waals surface area contributed by atoms with Crippen LogP contribution in [0.2, 0.25) is 0 Å². The number of methoxy groups -OCH3 is 1. The van der Waals surface area contributed by atoms with Gasteiger partial charge < -0.3 is 15.8 Å². The van der Waals surface area contributed by atoms with Crippen molar-refractivity contribution in [1.29, 1.82) is 0 Å². The molecule has 3 N–H and O–H groups in total. The number of amides is 1. The molecule has 1 heterocycles. The molecule has 0 bridgehead atoms. The molecule has 2 unspecified atom stereocenters. The predicted octanol–water partition coefficient (Wildman–Crippen LogP) is 1.44. The van der Waals surface area contributed by atoms with Crippen molar-refractivity contribution in [2.45, 2.75) is 38.1 Å². The van der Waals surface area contributed by atoms with Gasteiger partial charge >= 0.3 is 0 Å². The number of nitrogens with two attached hydrogens (primary N) is 1. The average Bonchev–Trinajstić information content (AvgIpc) is 2.60. The first-order chi connectivity index (χ1) is 12.2. The van der Waals surface area contributed by atoms with Crippen molar-refractivity contribution < 1.29 is 17.9 Å². The molecular formula is C18H29N3O4S. The Morgan fingerprint density at radius 3 is 2.50 bits per heavy atom. The lowest BCUT2D eigenvalue weighted by atomic mass is 9.94. The van der Waals surface area contributed by atoms with Gasteiger partial charge in [-0.1, -0.05) is 13.8 Å². The SMILES string of the molecule is COc1ccc(C(=O)N[C@@H](C)CN)cc1S(=O)(=O)N1CC(C)CC(C)C1. The summed E-state index contributed by atoms with van der Waals surface area (Å²) < 4.78 is 33.2. The van der Waals surface area contributed by atoms with Gasteiger partial charge in [-0.15, -0.1) is 0 Å². The number of hydrogen-bond acceptors (Lipinski definition) is 5. The minimum absolute atomic E-state index is 0.0225. The lowest BCUT2D eigenvalue weighted by molar-refractivity contribution is 0.0941. The molecule has 1 fully saturated rings. The molecule has 3 atom stereocenters. The second-order valence-electron chi connectivity index (χ2n) is 7.24. The molecule has 1 aromatic rings. The molecule has 26 heavy (non-hydrogen) atoms. The van der Waals surface area contributed by atoms with Crippen LogP contribution in [0.25, 0.3) is 0 Å². The average molecular weight is 384 g/mol. The van der Waals surface area contributed by atoms with E-state index in [2.05, 4.69) is 5.32 Å². The Morgan fingerprint density at radius 2 is 1.96 bits per heavy atom. The van der Waals surface area contributed by atoms with E-state index in [-0.39, 0.29) is 40.0 Å². The van der Waals surface area contributed by atoms with E-state index < -0.39 is 10.0 Å². The van der Waals surface area contributed by atoms with E-state index in [1.165, 1.54) is 23.5 Å². The molecule has 0 radical (unpaired) electrons. The van der Waals surface area contributed by atoms with Gasteiger partial charge in [0.2, 0.25) is 10.0 Å². The zero-order valence-corrected chi connectivity index (χ0v) is 16.7. The Balaban J connectivity index is 2.39. The Labute approximate surface area is 155 Å². The van der Waals surface area contributed by atoms with E-state index in [1.807, 2.05) is 13.8 Å². The van der Waals surface area contributed by atoms with Crippen LogP contribution in [0.5, 0.6) is 5.75 Å². The number of carbonyl (C=O) groups is 1. The third kappa shape index (κ3) is 4.55. The van der Waals surface area contributed by atoms with Crippen LogP contribution in [-0.4, -0.2) is 51.4 Å². The molecule has 1 amide bonds. The first-order valence-corrected chi connectivity index (χ1v) is 10.3. The van der Waals surface area contributed by atoms with Gasteiger partial charge in [0, 0.05) is 31.2 Å². The van der Waals surface area contributed by atoms with Gasteiger partial charge in [0.1, 0.15) is 10.6 Å². The van der Waals surface area contributed by atoms with E-state index >= 15 is 0 Å². The van der Waals surface area contributed by atoms with Gasteiger partial charge in [-0.3, -0.25) is 4.79 Å². The zero-order valence-electron chi connectivity index (χ0n) is 15.9. The van der Waals surface area contributed by atoms with Crippen molar-refractivity contribution in [3.8, 4) is 5.75 Å². The maximum atomic E-state index is 13.2. The molecular weight excluding hydrogens is 354 g/mol. The second-order valence-corrected chi connectivity index (χ2v) is 9.15. The summed E-state index contributed by atoms with van der Waals surface area (Å²) in [7, 11) is -2.33. The second kappa shape index (κ2) is 8.37. The van der Waals surface area contributed by atoms with Crippen molar-refractivity contribution >= 4 is 15.9 Å². The van der Waals surface area contributed by atoms with Crippen LogP contribution < -0.4 is 15.8 Å².